The lowest BCUT2D eigenvalue weighted by molar-refractivity contribution is 0.241. The maximum Gasteiger partial charge on any atom is 0.255 e. The first-order valence-corrected chi connectivity index (χ1v) is 9.73. The number of phenolic OH excluding ortho intramolecular Hbond substituents is 1. The number of aromatic amines is 1. The number of aromatic nitrogens is 2. The van der Waals surface area contributed by atoms with E-state index in [0.29, 0.717) is 18.2 Å². The molecule has 0 saturated heterocycles. The van der Waals surface area contributed by atoms with Crippen LogP contribution in [0, 0.1) is 6.92 Å². The van der Waals surface area contributed by atoms with Gasteiger partial charge >= 0.3 is 0 Å². The highest BCUT2D eigenvalue weighted by Gasteiger charge is 2.24. The molecule has 138 valence electrons. The van der Waals surface area contributed by atoms with Gasteiger partial charge in [0.05, 0.1) is 11.3 Å². The van der Waals surface area contributed by atoms with Crippen LogP contribution in [0.1, 0.15) is 66.2 Å². The maximum absolute atomic E-state index is 12.7. The van der Waals surface area contributed by atoms with Gasteiger partial charge < -0.3 is 10.1 Å². The third-order valence-electron chi connectivity index (χ3n) is 5.83. The Hall–Kier alpha value is -2.14. The van der Waals surface area contributed by atoms with Crippen molar-refractivity contribution < 1.29 is 5.11 Å². The third-order valence-corrected chi connectivity index (χ3v) is 5.83. The number of aryl methyl sites for hydroxylation is 1. The number of hydrogen-bond donors (Lipinski definition) is 2. The number of rotatable bonds is 3. The van der Waals surface area contributed by atoms with E-state index >= 15 is 0 Å². The molecule has 0 amide bonds. The Morgan fingerprint density at radius 3 is 2.85 bits per heavy atom. The molecule has 0 unspecified atom stereocenters. The molecule has 0 bridgehead atoms. The minimum atomic E-state index is 0.0437. The van der Waals surface area contributed by atoms with Gasteiger partial charge in [-0.15, -0.1) is 0 Å². The standard InChI is InChI=1S/C21H27N3O2/c1-14-11-15(7-8-19(14)25)12-24-10-9-18-17(13-24)21(26)23-20(22-18)16-5-3-2-4-6-16/h7-8,11,16,25H,2-6,9-10,12-13H2,1H3,(H,22,23,26). The molecule has 26 heavy (non-hydrogen) atoms. The molecule has 2 aromatic rings. The Morgan fingerprint density at radius 2 is 2.08 bits per heavy atom. The molecule has 0 radical (unpaired) electrons. The van der Waals surface area contributed by atoms with Crippen LogP contribution in [0.4, 0.5) is 0 Å². The molecule has 2 heterocycles. The van der Waals surface area contributed by atoms with Gasteiger partial charge in [-0.1, -0.05) is 31.4 Å². The van der Waals surface area contributed by atoms with Crippen LogP contribution < -0.4 is 5.56 Å². The van der Waals surface area contributed by atoms with E-state index in [9.17, 15) is 9.90 Å². The first kappa shape index (κ1) is 17.3. The van der Waals surface area contributed by atoms with Gasteiger partial charge in [-0.3, -0.25) is 9.69 Å². The molecule has 0 spiro atoms. The highest BCUT2D eigenvalue weighted by molar-refractivity contribution is 5.35. The lowest BCUT2D eigenvalue weighted by Gasteiger charge is -2.29. The Bertz CT molecular complexity index is 853. The lowest BCUT2D eigenvalue weighted by Crippen LogP contribution is -2.36. The van der Waals surface area contributed by atoms with E-state index in [0.717, 1.165) is 60.6 Å². The second-order valence-electron chi connectivity index (χ2n) is 7.79. The summed E-state index contributed by atoms with van der Waals surface area (Å²) in [6, 6.07) is 5.71. The fraction of sp³-hybridized carbons (Fsp3) is 0.524. The second kappa shape index (κ2) is 7.23. The molecular formula is C21H27N3O2. The molecule has 1 aromatic carbocycles. The summed E-state index contributed by atoms with van der Waals surface area (Å²) in [5.41, 5.74) is 3.91. The number of H-pyrrole nitrogens is 1. The first-order valence-electron chi connectivity index (χ1n) is 9.73. The molecule has 2 aliphatic rings. The summed E-state index contributed by atoms with van der Waals surface area (Å²) in [6.07, 6.45) is 6.91. The Kier molecular flexibility index (Phi) is 4.81. The van der Waals surface area contributed by atoms with Gasteiger partial charge in [-0.2, -0.15) is 0 Å². The Morgan fingerprint density at radius 1 is 1.27 bits per heavy atom. The summed E-state index contributed by atoms with van der Waals surface area (Å²) in [6.45, 7) is 4.24. The topological polar surface area (TPSA) is 69.2 Å². The van der Waals surface area contributed by atoms with Crippen molar-refractivity contribution in [3.63, 3.8) is 0 Å². The maximum atomic E-state index is 12.7. The molecule has 5 heteroatoms. The lowest BCUT2D eigenvalue weighted by atomic mass is 9.88. The van der Waals surface area contributed by atoms with Crippen LogP contribution in [-0.2, 0) is 19.5 Å². The predicted octanol–water partition coefficient (Wildman–Crippen LogP) is 3.39. The summed E-state index contributed by atoms with van der Waals surface area (Å²) in [4.78, 5) is 22.9. The normalized spacial score (nSPS) is 18.7. The van der Waals surface area contributed by atoms with Crippen molar-refractivity contribution in [2.24, 2.45) is 0 Å². The fourth-order valence-electron chi connectivity index (χ4n) is 4.28. The van der Waals surface area contributed by atoms with Crippen LogP contribution in [-0.4, -0.2) is 26.5 Å². The molecule has 1 saturated carbocycles. The summed E-state index contributed by atoms with van der Waals surface area (Å²) >= 11 is 0. The first-order chi connectivity index (χ1) is 12.6. The molecular weight excluding hydrogens is 326 g/mol. The van der Waals surface area contributed by atoms with E-state index < -0.39 is 0 Å². The average Bonchev–Trinajstić information content (AvgIpc) is 2.66. The van der Waals surface area contributed by atoms with Crippen molar-refractivity contribution in [3.8, 4) is 5.75 Å². The van der Waals surface area contributed by atoms with Gasteiger partial charge in [0.1, 0.15) is 11.6 Å². The highest BCUT2D eigenvalue weighted by atomic mass is 16.3. The van der Waals surface area contributed by atoms with Gasteiger partial charge in [0.2, 0.25) is 0 Å². The van der Waals surface area contributed by atoms with Crippen LogP contribution in [0.25, 0.3) is 0 Å². The molecule has 2 N–H and O–H groups in total. The van der Waals surface area contributed by atoms with Crippen LogP contribution >= 0.6 is 0 Å². The van der Waals surface area contributed by atoms with Gasteiger partial charge in [0, 0.05) is 32.0 Å². The second-order valence-corrected chi connectivity index (χ2v) is 7.79. The number of fused-ring (bicyclic) bond motifs is 1. The van der Waals surface area contributed by atoms with Crippen molar-refractivity contribution in [1.82, 2.24) is 14.9 Å². The largest absolute Gasteiger partial charge is 0.508 e. The van der Waals surface area contributed by atoms with Gasteiger partial charge in [0.25, 0.3) is 5.56 Å². The fourth-order valence-corrected chi connectivity index (χ4v) is 4.28. The zero-order valence-electron chi connectivity index (χ0n) is 15.4. The minimum absolute atomic E-state index is 0.0437. The number of hydrogen-bond acceptors (Lipinski definition) is 4. The minimum Gasteiger partial charge on any atom is -0.508 e. The SMILES string of the molecule is Cc1cc(CN2CCc3nc(C4CCCCC4)[nH]c(=O)c3C2)ccc1O. The van der Waals surface area contributed by atoms with E-state index in [-0.39, 0.29) is 5.56 Å². The van der Waals surface area contributed by atoms with Gasteiger partial charge in [0.15, 0.2) is 0 Å². The molecule has 1 aromatic heterocycles. The number of nitrogens with one attached hydrogen (secondary N) is 1. The van der Waals surface area contributed by atoms with E-state index in [1.807, 2.05) is 19.1 Å². The number of benzene rings is 1. The smallest absolute Gasteiger partial charge is 0.255 e. The van der Waals surface area contributed by atoms with Crippen molar-refractivity contribution in [3.05, 3.63) is 56.8 Å². The monoisotopic (exact) mass is 353 g/mol. The highest BCUT2D eigenvalue weighted by Crippen LogP contribution is 2.31. The van der Waals surface area contributed by atoms with E-state index in [2.05, 4.69) is 9.88 Å². The number of aromatic hydroxyl groups is 1. The molecule has 5 nitrogen and oxygen atoms in total. The van der Waals surface area contributed by atoms with Crippen LogP contribution in [0.3, 0.4) is 0 Å². The van der Waals surface area contributed by atoms with E-state index in [4.69, 9.17) is 4.98 Å². The van der Waals surface area contributed by atoms with Gasteiger partial charge in [-0.25, -0.2) is 4.98 Å². The quantitative estimate of drug-likeness (QED) is 0.887. The van der Waals surface area contributed by atoms with E-state index in [1.54, 1.807) is 6.07 Å². The summed E-state index contributed by atoms with van der Waals surface area (Å²) < 4.78 is 0. The summed E-state index contributed by atoms with van der Waals surface area (Å²) in [5, 5.41) is 9.68. The molecule has 4 rings (SSSR count). The van der Waals surface area contributed by atoms with Crippen LogP contribution in [0.15, 0.2) is 23.0 Å². The van der Waals surface area contributed by atoms with Crippen LogP contribution in [0.5, 0.6) is 5.75 Å². The predicted molar refractivity (Wildman–Crippen MR) is 101 cm³/mol. The third kappa shape index (κ3) is 3.54. The molecule has 1 fully saturated rings. The zero-order valence-corrected chi connectivity index (χ0v) is 15.4. The van der Waals surface area contributed by atoms with Crippen LogP contribution in [0.2, 0.25) is 0 Å². The van der Waals surface area contributed by atoms with Gasteiger partial charge in [-0.05, 0) is 37.0 Å². The number of nitrogens with zero attached hydrogens (tertiary/aromatic N) is 2. The molecule has 0 atom stereocenters. The summed E-state index contributed by atoms with van der Waals surface area (Å²) in [7, 11) is 0. The Balaban J connectivity index is 1.51. The Labute approximate surface area is 154 Å². The van der Waals surface area contributed by atoms with Crippen molar-refractivity contribution >= 4 is 0 Å². The zero-order chi connectivity index (χ0) is 18.1. The summed E-state index contributed by atoms with van der Waals surface area (Å²) in [5.74, 6) is 1.67. The van der Waals surface area contributed by atoms with Crippen molar-refractivity contribution in [2.75, 3.05) is 6.54 Å². The number of phenols is 1. The van der Waals surface area contributed by atoms with Crippen molar-refractivity contribution in [1.29, 1.82) is 0 Å². The molecule has 1 aliphatic heterocycles. The average molecular weight is 353 g/mol. The van der Waals surface area contributed by atoms with Crippen molar-refractivity contribution in [2.45, 2.75) is 64.5 Å². The van der Waals surface area contributed by atoms with E-state index in [1.165, 1.54) is 19.3 Å². The molecule has 1 aliphatic carbocycles.